The molecule has 0 atom stereocenters. The normalized spacial score (nSPS) is 10.5. The molecule has 0 unspecified atom stereocenters. The number of ether oxygens (including phenoxy) is 1. The molecular weight excluding hydrogens is 363 g/mol. The van der Waals surface area contributed by atoms with E-state index in [1.165, 1.54) is 35.0 Å². The van der Waals surface area contributed by atoms with Crippen LogP contribution in [0.3, 0.4) is 0 Å². The number of pyridine rings is 1. The number of aryl methyl sites for hydroxylation is 1. The topological polar surface area (TPSA) is 86.1 Å². The molecule has 0 bridgehead atoms. The van der Waals surface area contributed by atoms with Crippen molar-refractivity contribution in [1.29, 1.82) is 0 Å². The molecule has 0 saturated heterocycles. The quantitative estimate of drug-likeness (QED) is 0.679. The molecule has 7 nitrogen and oxygen atoms in total. The van der Waals surface area contributed by atoms with E-state index in [9.17, 15) is 14.0 Å². The van der Waals surface area contributed by atoms with E-state index < -0.39 is 11.7 Å². The fraction of sp³-hybridized carbons (Fsp3) is 0.200. The molecule has 0 aliphatic heterocycles. The van der Waals surface area contributed by atoms with Gasteiger partial charge in [-0.15, -0.1) is 0 Å². The number of nitrogens with one attached hydrogen (secondary N) is 1. The molecule has 1 N–H and O–H groups in total. The SMILES string of the molecule is CCCn1nc(C(=O)NCc2cccnc2Oc2cccc(F)c2)ccc1=O. The highest BCUT2D eigenvalue weighted by Gasteiger charge is 2.12. The van der Waals surface area contributed by atoms with Gasteiger partial charge in [0, 0.05) is 37.0 Å². The van der Waals surface area contributed by atoms with Crippen molar-refractivity contribution < 1.29 is 13.9 Å². The molecule has 3 rings (SSSR count). The van der Waals surface area contributed by atoms with E-state index in [0.29, 0.717) is 17.9 Å². The molecule has 0 fully saturated rings. The second-order valence-corrected chi connectivity index (χ2v) is 5.99. The zero-order valence-electron chi connectivity index (χ0n) is 15.3. The number of rotatable bonds is 7. The Bertz CT molecular complexity index is 1040. The zero-order valence-corrected chi connectivity index (χ0v) is 15.3. The maximum atomic E-state index is 13.3. The Hall–Kier alpha value is -3.55. The van der Waals surface area contributed by atoms with Crippen LogP contribution in [0.1, 0.15) is 29.4 Å². The lowest BCUT2D eigenvalue weighted by molar-refractivity contribution is 0.0943. The van der Waals surface area contributed by atoms with Crippen molar-refractivity contribution in [2.75, 3.05) is 0 Å². The van der Waals surface area contributed by atoms with Crippen molar-refractivity contribution in [2.24, 2.45) is 0 Å². The van der Waals surface area contributed by atoms with Gasteiger partial charge < -0.3 is 10.1 Å². The summed E-state index contributed by atoms with van der Waals surface area (Å²) in [6.07, 6.45) is 2.27. The van der Waals surface area contributed by atoms with Crippen LogP contribution in [0.2, 0.25) is 0 Å². The summed E-state index contributed by atoms with van der Waals surface area (Å²) in [6, 6.07) is 11.9. The van der Waals surface area contributed by atoms with Crippen LogP contribution in [-0.4, -0.2) is 20.7 Å². The Morgan fingerprint density at radius 1 is 1.21 bits per heavy atom. The number of halogens is 1. The Morgan fingerprint density at radius 2 is 2.07 bits per heavy atom. The first-order chi connectivity index (χ1) is 13.6. The standard InChI is InChI=1S/C20H19FN4O3/c1-2-11-25-18(26)9-8-17(24-25)19(27)23-13-14-5-4-10-22-20(14)28-16-7-3-6-15(21)12-16/h3-10,12H,2,11,13H2,1H3,(H,23,27). The third-order valence-electron chi connectivity index (χ3n) is 3.83. The summed E-state index contributed by atoms with van der Waals surface area (Å²) in [6.45, 7) is 2.49. The van der Waals surface area contributed by atoms with Crippen molar-refractivity contribution >= 4 is 5.91 Å². The van der Waals surface area contributed by atoms with Gasteiger partial charge in [-0.05, 0) is 30.7 Å². The molecule has 0 aliphatic rings. The summed E-state index contributed by atoms with van der Waals surface area (Å²) in [5.41, 5.74) is 0.503. The molecule has 8 heteroatoms. The van der Waals surface area contributed by atoms with Crippen molar-refractivity contribution in [2.45, 2.75) is 26.4 Å². The average molecular weight is 382 g/mol. The summed E-state index contributed by atoms with van der Waals surface area (Å²) in [4.78, 5) is 28.3. The Morgan fingerprint density at radius 3 is 2.86 bits per heavy atom. The number of benzene rings is 1. The van der Waals surface area contributed by atoms with Crippen molar-refractivity contribution in [3.63, 3.8) is 0 Å². The monoisotopic (exact) mass is 382 g/mol. The van der Waals surface area contributed by atoms with Crippen LogP contribution in [0, 0.1) is 5.82 Å². The number of aromatic nitrogens is 3. The van der Waals surface area contributed by atoms with E-state index in [4.69, 9.17) is 4.74 Å². The van der Waals surface area contributed by atoms with E-state index in [-0.39, 0.29) is 23.7 Å². The van der Waals surface area contributed by atoms with Gasteiger partial charge in [0.1, 0.15) is 17.3 Å². The second-order valence-electron chi connectivity index (χ2n) is 5.99. The molecule has 2 heterocycles. The highest BCUT2D eigenvalue weighted by Crippen LogP contribution is 2.23. The number of nitrogens with zero attached hydrogens (tertiary/aromatic N) is 3. The van der Waals surface area contributed by atoms with Gasteiger partial charge in [0.25, 0.3) is 11.5 Å². The minimum atomic E-state index is -0.426. The van der Waals surface area contributed by atoms with Crippen molar-refractivity contribution in [3.8, 4) is 11.6 Å². The molecule has 28 heavy (non-hydrogen) atoms. The lowest BCUT2D eigenvalue weighted by Gasteiger charge is -2.11. The van der Waals surface area contributed by atoms with Gasteiger partial charge in [-0.1, -0.05) is 19.1 Å². The maximum absolute atomic E-state index is 13.3. The number of hydrogen-bond acceptors (Lipinski definition) is 5. The molecule has 0 spiro atoms. The van der Waals surface area contributed by atoms with E-state index in [1.807, 2.05) is 6.92 Å². The molecule has 3 aromatic rings. The van der Waals surface area contributed by atoms with Crippen LogP contribution in [0.4, 0.5) is 4.39 Å². The zero-order chi connectivity index (χ0) is 19.9. The molecule has 0 aliphatic carbocycles. The van der Waals surface area contributed by atoms with E-state index >= 15 is 0 Å². The third-order valence-corrected chi connectivity index (χ3v) is 3.83. The molecule has 2 aromatic heterocycles. The summed E-state index contributed by atoms with van der Waals surface area (Å²) >= 11 is 0. The predicted octanol–water partition coefficient (Wildman–Crippen LogP) is 2.91. The minimum Gasteiger partial charge on any atom is -0.439 e. The van der Waals surface area contributed by atoms with Gasteiger partial charge in [0.05, 0.1) is 0 Å². The van der Waals surface area contributed by atoms with Gasteiger partial charge in [-0.2, -0.15) is 5.10 Å². The van der Waals surface area contributed by atoms with Gasteiger partial charge in [-0.25, -0.2) is 14.1 Å². The van der Waals surface area contributed by atoms with Gasteiger partial charge >= 0.3 is 0 Å². The first-order valence-corrected chi connectivity index (χ1v) is 8.80. The van der Waals surface area contributed by atoms with Crippen LogP contribution in [0.5, 0.6) is 11.6 Å². The van der Waals surface area contributed by atoms with E-state index in [1.54, 1.807) is 24.4 Å². The number of hydrogen-bond donors (Lipinski definition) is 1. The highest BCUT2D eigenvalue weighted by molar-refractivity contribution is 5.91. The highest BCUT2D eigenvalue weighted by atomic mass is 19.1. The Labute approximate surface area is 160 Å². The third kappa shape index (κ3) is 4.79. The van der Waals surface area contributed by atoms with Crippen molar-refractivity contribution in [3.05, 3.63) is 82.2 Å². The fourth-order valence-electron chi connectivity index (χ4n) is 2.50. The van der Waals surface area contributed by atoms with Crippen LogP contribution in [0.25, 0.3) is 0 Å². The molecule has 0 saturated carbocycles. The first kappa shape index (κ1) is 19.2. The predicted molar refractivity (Wildman–Crippen MR) is 101 cm³/mol. The number of carbonyl (C=O) groups is 1. The van der Waals surface area contributed by atoms with Crippen LogP contribution in [-0.2, 0) is 13.1 Å². The number of amides is 1. The van der Waals surface area contributed by atoms with Gasteiger partial charge in [-0.3, -0.25) is 9.59 Å². The van der Waals surface area contributed by atoms with Gasteiger partial charge in [0.2, 0.25) is 5.88 Å². The first-order valence-electron chi connectivity index (χ1n) is 8.80. The Balaban J connectivity index is 1.72. The summed E-state index contributed by atoms with van der Waals surface area (Å²) in [5, 5.41) is 6.81. The molecule has 1 amide bonds. The van der Waals surface area contributed by atoms with Crippen molar-refractivity contribution in [1.82, 2.24) is 20.1 Å². The van der Waals surface area contributed by atoms with E-state index in [0.717, 1.165) is 6.42 Å². The van der Waals surface area contributed by atoms with Crippen LogP contribution >= 0.6 is 0 Å². The lowest BCUT2D eigenvalue weighted by atomic mass is 10.2. The van der Waals surface area contributed by atoms with Crippen LogP contribution < -0.4 is 15.6 Å². The molecular formula is C20H19FN4O3. The van der Waals surface area contributed by atoms with Crippen LogP contribution in [0.15, 0.2) is 59.5 Å². The number of carbonyl (C=O) groups excluding carboxylic acids is 1. The fourth-order valence-corrected chi connectivity index (χ4v) is 2.50. The summed E-state index contributed by atoms with van der Waals surface area (Å²) < 4.78 is 20.2. The summed E-state index contributed by atoms with van der Waals surface area (Å²) in [7, 11) is 0. The Kier molecular flexibility index (Phi) is 6.11. The minimum absolute atomic E-state index is 0.131. The second kappa shape index (κ2) is 8.90. The smallest absolute Gasteiger partial charge is 0.271 e. The van der Waals surface area contributed by atoms with Gasteiger partial charge in [0.15, 0.2) is 0 Å². The summed E-state index contributed by atoms with van der Waals surface area (Å²) in [5.74, 6) is -0.279. The molecule has 144 valence electrons. The molecule has 1 aromatic carbocycles. The van der Waals surface area contributed by atoms with E-state index in [2.05, 4.69) is 15.4 Å². The maximum Gasteiger partial charge on any atom is 0.271 e. The largest absolute Gasteiger partial charge is 0.439 e. The molecule has 0 radical (unpaired) electrons. The average Bonchev–Trinajstić information content (AvgIpc) is 2.69. The lowest BCUT2D eigenvalue weighted by Crippen LogP contribution is -2.29.